The second-order valence-corrected chi connectivity index (χ2v) is 7.45. The zero-order chi connectivity index (χ0) is 20.6. The van der Waals surface area contributed by atoms with E-state index < -0.39 is 0 Å². The number of guanidine groups is 1. The first-order chi connectivity index (χ1) is 14.1. The van der Waals surface area contributed by atoms with Gasteiger partial charge in [-0.05, 0) is 19.4 Å². The van der Waals surface area contributed by atoms with Crippen LogP contribution in [0.2, 0.25) is 10.0 Å². The number of nitrogens with zero attached hydrogens (tertiary/aromatic N) is 5. The van der Waals surface area contributed by atoms with Crippen LogP contribution in [-0.2, 0) is 24.3 Å². The highest BCUT2D eigenvalue weighted by atomic mass is 127. The maximum atomic E-state index is 6.12. The number of pyridine rings is 1. The van der Waals surface area contributed by atoms with Gasteiger partial charge in [-0.25, -0.2) is 14.6 Å². The highest BCUT2D eigenvalue weighted by Gasteiger charge is 2.22. The average molecular weight is 569 g/mol. The third-order valence-corrected chi connectivity index (χ3v) is 4.84. The first-order valence-electron chi connectivity index (χ1n) is 9.60. The number of rotatable bonds is 8. The van der Waals surface area contributed by atoms with Crippen LogP contribution in [0.15, 0.2) is 17.3 Å². The lowest BCUT2D eigenvalue weighted by molar-refractivity contribution is 0.177. The Bertz CT molecular complexity index is 848. The molecule has 0 bridgehead atoms. The Morgan fingerprint density at radius 1 is 1.40 bits per heavy atom. The minimum atomic E-state index is 0. The Morgan fingerprint density at radius 3 is 2.97 bits per heavy atom. The predicted molar refractivity (Wildman–Crippen MR) is 130 cm³/mol. The molecule has 2 aromatic rings. The molecule has 0 amide bonds. The summed E-state index contributed by atoms with van der Waals surface area (Å²) in [6.07, 6.45) is 3.40. The van der Waals surface area contributed by atoms with Crippen LogP contribution in [0, 0.1) is 0 Å². The zero-order valence-corrected chi connectivity index (χ0v) is 20.8. The number of aryl methyl sites for hydroxylation is 1. The first kappa shape index (κ1) is 24.9. The lowest BCUT2D eigenvalue weighted by atomic mass is 10.1. The molecule has 1 aliphatic rings. The number of ether oxygens (including phenoxy) is 1. The summed E-state index contributed by atoms with van der Waals surface area (Å²) in [6.45, 7) is 5.17. The number of hydrogen-bond acceptors (Lipinski definition) is 6. The summed E-state index contributed by atoms with van der Waals surface area (Å²) < 4.78 is 7.07. The summed E-state index contributed by atoms with van der Waals surface area (Å²) in [6, 6.07) is 1.89. The van der Waals surface area contributed by atoms with Crippen LogP contribution in [-0.4, -0.2) is 58.5 Å². The lowest BCUT2D eigenvalue weighted by Crippen LogP contribution is -2.47. The molecule has 3 N–H and O–H groups in total. The van der Waals surface area contributed by atoms with Crippen LogP contribution in [0.3, 0.4) is 0 Å². The molecule has 0 saturated carbocycles. The van der Waals surface area contributed by atoms with Crippen LogP contribution in [0.4, 0.5) is 5.82 Å². The number of nitrogens with one attached hydrogen (secondary N) is 3. The summed E-state index contributed by atoms with van der Waals surface area (Å²) >= 11 is 12.0. The van der Waals surface area contributed by atoms with Gasteiger partial charge < -0.3 is 20.7 Å². The van der Waals surface area contributed by atoms with E-state index in [0.717, 1.165) is 43.5 Å². The molecule has 0 aromatic carbocycles. The summed E-state index contributed by atoms with van der Waals surface area (Å²) in [5.74, 6) is 3.11. The Morgan fingerprint density at radius 2 is 2.23 bits per heavy atom. The molecule has 0 saturated heterocycles. The second-order valence-electron chi connectivity index (χ2n) is 6.61. The van der Waals surface area contributed by atoms with Gasteiger partial charge in [0.25, 0.3) is 0 Å². The van der Waals surface area contributed by atoms with Gasteiger partial charge in [-0.1, -0.05) is 23.2 Å². The molecule has 0 aliphatic carbocycles. The molecular weight excluding hydrogens is 542 g/mol. The molecule has 9 nitrogen and oxygen atoms in total. The van der Waals surface area contributed by atoms with Crippen LogP contribution >= 0.6 is 47.2 Å². The molecule has 12 heteroatoms. The van der Waals surface area contributed by atoms with Crippen molar-refractivity contribution in [3.8, 4) is 0 Å². The van der Waals surface area contributed by atoms with E-state index in [2.05, 4.69) is 36.0 Å². The Kier molecular flexibility index (Phi) is 10.4. The van der Waals surface area contributed by atoms with Crippen molar-refractivity contribution in [2.45, 2.75) is 39.0 Å². The van der Waals surface area contributed by atoms with E-state index in [1.54, 1.807) is 19.4 Å². The maximum absolute atomic E-state index is 6.12. The number of aromatic nitrogens is 4. The van der Waals surface area contributed by atoms with Crippen LogP contribution in [0.5, 0.6) is 0 Å². The predicted octanol–water partition coefficient (Wildman–Crippen LogP) is 2.73. The van der Waals surface area contributed by atoms with Crippen molar-refractivity contribution in [3.63, 3.8) is 0 Å². The number of methoxy groups -OCH3 is 1. The molecular formula is C18H27Cl2IN8O. The van der Waals surface area contributed by atoms with Gasteiger partial charge in [-0.15, -0.1) is 24.0 Å². The molecule has 1 atom stereocenters. The van der Waals surface area contributed by atoms with Crippen molar-refractivity contribution in [2.75, 3.05) is 32.1 Å². The SMILES string of the molecule is CCNC(=NCCNc1ncc(Cl)cc1Cl)NC1CCc2nc(COC)nn2C1.I. The van der Waals surface area contributed by atoms with Crippen molar-refractivity contribution in [1.29, 1.82) is 0 Å². The minimum absolute atomic E-state index is 0. The number of aliphatic imine (C=N–C) groups is 1. The van der Waals surface area contributed by atoms with Crippen molar-refractivity contribution >= 4 is 59.0 Å². The van der Waals surface area contributed by atoms with Crippen molar-refractivity contribution in [1.82, 2.24) is 30.4 Å². The molecule has 30 heavy (non-hydrogen) atoms. The summed E-state index contributed by atoms with van der Waals surface area (Å²) in [5.41, 5.74) is 0. The fraction of sp³-hybridized carbons (Fsp3) is 0.556. The number of halogens is 3. The summed E-state index contributed by atoms with van der Waals surface area (Å²) in [4.78, 5) is 13.3. The summed E-state index contributed by atoms with van der Waals surface area (Å²) in [7, 11) is 1.65. The average Bonchev–Trinajstić information content (AvgIpc) is 3.08. The zero-order valence-electron chi connectivity index (χ0n) is 17.0. The fourth-order valence-corrected chi connectivity index (χ4v) is 3.52. The number of fused-ring (bicyclic) bond motifs is 1. The third-order valence-electron chi connectivity index (χ3n) is 4.34. The highest BCUT2D eigenvalue weighted by molar-refractivity contribution is 14.0. The Labute approximate surface area is 203 Å². The van der Waals surface area contributed by atoms with Gasteiger partial charge in [0.1, 0.15) is 18.2 Å². The Balaban J connectivity index is 0.00000320. The van der Waals surface area contributed by atoms with Crippen molar-refractivity contribution in [2.24, 2.45) is 4.99 Å². The van der Waals surface area contributed by atoms with Crippen molar-refractivity contribution in [3.05, 3.63) is 34.0 Å². The van der Waals surface area contributed by atoms with Gasteiger partial charge in [0, 0.05) is 38.9 Å². The standard InChI is InChI=1S/C18H26Cl2N8O.HI/c1-3-21-18(23-7-6-22-17-14(20)8-12(19)9-24-17)25-13-4-5-16-26-15(11-29-2)27-28(16)10-13;/h8-9,13H,3-7,10-11H2,1-2H3,(H,22,24)(H2,21,23,25);1H. The van der Waals surface area contributed by atoms with Gasteiger partial charge >= 0.3 is 0 Å². The maximum Gasteiger partial charge on any atom is 0.191 e. The molecule has 0 spiro atoms. The molecule has 2 aromatic heterocycles. The van der Waals surface area contributed by atoms with Gasteiger partial charge in [0.15, 0.2) is 11.8 Å². The van der Waals surface area contributed by atoms with Gasteiger partial charge in [-0.3, -0.25) is 4.99 Å². The monoisotopic (exact) mass is 568 g/mol. The van der Waals surface area contributed by atoms with E-state index in [0.29, 0.717) is 35.6 Å². The van der Waals surface area contributed by atoms with E-state index in [1.165, 1.54) is 0 Å². The molecule has 3 heterocycles. The van der Waals surface area contributed by atoms with Gasteiger partial charge in [0.05, 0.1) is 23.1 Å². The van der Waals surface area contributed by atoms with Crippen LogP contribution in [0.25, 0.3) is 0 Å². The highest BCUT2D eigenvalue weighted by Crippen LogP contribution is 2.22. The van der Waals surface area contributed by atoms with E-state index in [1.807, 2.05) is 11.6 Å². The molecule has 0 radical (unpaired) electrons. The third kappa shape index (κ3) is 7.10. The number of hydrogen-bond donors (Lipinski definition) is 3. The largest absolute Gasteiger partial charge is 0.377 e. The summed E-state index contributed by atoms with van der Waals surface area (Å²) in [5, 5.41) is 15.5. The molecule has 0 fully saturated rings. The topological polar surface area (TPSA) is 101 Å². The minimum Gasteiger partial charge on any atom is -0.377 e. The van der Waals surface area contributed by atoms with E-state index in [9.17, 15) is 0 Å². The number of anilines is 1. The van der Waals surface area contributed by atoms with E-state index >= 15 is 0 Å². The Hall–Kier alpha value is -1.37. The molecule has 1 aliphatic heterocycles. The fourth-order valence-electron chi connectivity index (χ4n) is 3.07. The normalized spacial score (nSPS) is 15.9. The van der Waals surface area contributed by atoms with Crippen molar-refractivity contribution < 1.29 is 4.74 Å². The smallest absolute Gasteiger partial charge is 0.191 e. The van der Waals surface area contributed by atoms with Crippen LogP contribution in [0.1, 0.15) is 25.0 Å². The quantitative estimate of drug-likeness (QED) is 0.195. The van der Waals surface area contributed by atoms with Gasteiger partial charge in [-0.2, -0.15) is 5.10 Å². The van der Waals surface area contributed by atoms with E-state index in [4.69, 9.17) is 27.9 Å². The van der Waals surface area contributed by atoms with E-state index in [-0.39, 0.29) is 30.0 Å². The molecule has 1 unspecified atom stereocenters. The lowest BCUT2D eigenvalue weighted by Gasteiger charge is -2.25. The second kappa shape index (κ2) is 12.5. The first-order valence-corrected chi connectivity index (χ1v) is 10.4. The molecule has 166 valence electrons. The molecule has 3 rings (SSSR count). The van der Waals surface area contributed by atoms with Crippen LogP contribution < -0.4 is 16.0 Å². The van der Waals surface area contributed by atoms with Gasteiger partial charge in [0.2, 0.25) is 0 Å².